The summed E-state index contributed by atoms with van der Waals surface area (Å²) in [5.74, 6) is -0.795. The fraction of sp³-hybridized carbons (Fsp3) is 0.118. The molecular formula is C17H14FIN2O. The number of benzene rings is 2. The predicted octanol–water partition coefficient (Wildman–Crippen LogP) is 4.78. The van der Waals surface area contributed by atoms with Gasteiger partial charge in [0.2, 0.25) is 0 Å². The van der Waals surface area contributed by atoms with Gasteiger partial charge in [0.1, 0.15) is 11.5 Å². The number of aromatic amines is 1. The number of hydrogen-bond acceptors (Lipinski definition) is 1. The van der Waals surface area contributed by atoms with Gasteiger partial charge in [0.05, 0.1) is 5.69 Å². The molecule has 5 heteroatoms. The van der Waals surface area contributed by atoms with E-state index in [1.54, 1.807) is 18.2 Å². The van der Waals surface area contributed by atoms with Crippen LogP contribution in [0, 0.1) is 23.2 Å². The van der Waals surface area contributed by atoms with Gasteiger partial charge in [-0.05, 0) is 77.9 Å². The van der Waals surface area contributed by atoms with Crippen LogP contribution in [0.1, 0.15) is 21.6 Å². The summed E-state index contributed by atoms with van der Waals surface area (Å²) in [5.41, 5.74) is 3.73. The van der Waals surface area contributed by atoms with Crippen molar-refractivity contribution in [3.63, 3.8) is 0 Å². The molecule has 1 aromatic heterocycles. The normalized spacial score (nSPS) is 10.9. The van der Waals surface area contributed by atoms with Crippen LogP contribution in [0.25, 0.3) is 10.9 Å². The summed E-state index contributed by atoms with van der Waals surface area (Å²) in [6, 6.07) is 10.5. The lowest BCUT2D eigenvalue weighted by atomic mass is 10.1. The van der Waals surface area contributed by atoms with Crippen molar-refractivity contribution in [2.24, 2.45) is 0 Å². The highest BCUT2D eigenvalue weighted by Crippen LogP contribution is 2.23. The fourth-order valence-corrected chi connectivity index (χ4v) is 2.96. The highest BCUT2D eigenvalue weighted by molar-refractivity contribution is 14.1. The first-order valence-corrected chi connectivity index (χ1v) is 7.88. The number of hydrogen-bond donors (Lipinski definition) is 2. The van der Waals surface area contributed by atoms with Crippen molar-refractivity contribution >= 4 is 45.1 Å². The van der Waals surface area contributed by atoms with E-state index < -0.39 is 5.82 Å². The molecular weight excluding hydrogens is 394 g/mol. The van der Waals surface area contributed by atoms with Gasteiger partial charge in [-0.15, -0.1) is 0 Å². The van der Waals surface area contributed by atoms with Crippen LogP contribution in [0.2, 0.25) is 0 Å². The molecule has 2 N–H and O–H groups in total. The molecule has 0 aliphatic heterocycles. The minimum absolute atomic E-state index is 0.178. The molecule has 0 saturated heterocycles. The zero-order chi connectivity index (χ0) is 15.9. The Morgan fingerprint density at radius 2 is 1.95 bits per heavy atom. The highest BCUT2D eigenvalue weighted by atomic mass is 127. The maximum atomic E-state index is 13.8. The van der Waals surface area contributed by atoms with Gasteiger partial charge >= 0.3 is 0 Å². The van der Waals surface area contributed by atoms with Crippen LogP contribution in [0.4, 0.5) is 10.1 Å². The van der Waals surface area contributed by atoms with Crippen LogP contribution in [0.3, 0.4) is 0 Å². The Morgan fingerprint density at radius 3 is 2.68 bits per heavy atom. The summed E-state index contributed by atoms with van der Waals surface area (Å²) in [6.07, 6.45) is 0. The standard InChI is InChI=1S/C17H14FIN2O/c1-9-5-10(2)12-8-16(20-15(12)6-9)17(22)21-14-4-3-11(19)7-13(14)18/h3-8,20H,1-2H3,(H,21,22). The number of aromatic nitrogens is 1. The maximum absolute atomic E-state index is 13.8. The topological polar surface area (TPSA) is 44.9 Å². The smallest absolute Gasteiger partial charge is 0.272 e. The zero-order valence-electron chi connectivity index (χ0n) is 12.1. The summed E-state index contributed by atoms with van der Waals surface area (Å²) < 4.78 is 14.6. The van der Waals surface area contributed by atoms with Crippen molar-refractivity contribution in [3.8, 4) is 0 Å². The molecule has 1 amide bonds. The summed E-state index contributed by atoms with van der Waals surface area (Å²) in [6.45, 7) is 4.01. The van der Waals surface area contributed by atoms with Gasteiger partial charge in [0, 0.05) is 14.5 Å². The van der Waals surface area contributed by atoms with Gasteiger partial charge in [0.25, 0.3) is 5.91 Å². The average Bonchev–Trinajstić information content (AvgIpc) is 2.86. The SMILES string of the molecule is Cc1cc(C)c2cc(C(=O)Nc3ccc(I)cc3F)[nH]c2c1. The molecule has 0 fully saturated rings. The number of aryl methyl sites for hydroxylation is 2. The Hall–Kier alpha value is -1.89. The largest absolute Gasteiger partial charge is 0.351 e. The van der Waals surface area contributed by atoms with Crippen molar-refractivity contribution < 1.29 is 9.18 Å². The average molecular weight is 408 g/mol. The van der Waals surface area contributed by atoms with E-state index in [0.717, 1.165) is 25.6 Å². The van der Waals surface area contributed by atoms with Gasteiger partial charge < -0.3 is 10.3 Å². The highest BCUT2D eigenvalue weighted by Gasteiger charge is 2.13. The third-order valence-corrected chi connectivity index (χ3v) is 4.18. The summed E-state index contributed by atoms with van der Waals surface area (Å²) in [4.78, 5) is 15.4. The summed E-state index contributed by atoms with van der Waals surface area (Å²) >= 11 is 2.02. The minimum Gasteiger partial charge on any atom is -0.351 e. The van der Waals surface area contributed by atoms with E-state index in [2.05, 4.69) is 16.4 Å². The van der Waals surface area contributed by atoms with E-state index in [9.17, 15) is 9.18 Å². The summed E-state index contributed by atoms with van der Waals surface area (Å²) in [5, 5.41) is 3.60. The third-order valence-electron chi connectivity index (χ3n) is 3.51. The molecule has 0 saturated carbocycles. The fourth-order valence-electron chi connectivity index (χ4n) is 2.50. The molecule has 1 heterocycles. The molecule has 0 aliphatic rings. The van der Waals surface area contributed by atoms with E-state index in [4.69, 9.17) is 0 Å². The van der Waals surface area contributed by atoms with Crippen molar-refractivity contribution in [1.82, 2.24) is 4.98 Å². The second-order valence-corrected chi connectivity index (χ2v) is 6.55. The lowest BCUT2D eigenvalue weighted by molar-refractivity contribution is 0.102. The van der Waals surface area contributed by atoms with Gasteiger partial charge in [-0.2, -0.15) is 0 Å². The van der Waals surface area contributed by atoms with Gasteiger partial charge in [-0.1, -0.05) is 6.07 Å². The van der Waals surface area contributed by atoms with Crippen LogP contribution in [0.5, 0.6) is 0 Å². The lowest BCUT2D eigenvalue weighted by Gasteiger charge is -2.05. The molecule has 3 aromatic rings. The number of anilines is 1. The molecule has 2 aromatic carbocycles. The molecule has 0 unspecified atom stereocenters. The Morgan fingerprint density at radius 1 is 1.18 bits per heavy atom. The van der Waals surface area contributed by atoms with Gasteiger partial charge in [-0.25, -0.2) is 4.39 Å². The first-order chi connectivity index (χ1) is 10.4. The van der Waals surface area contributed by atoms with Crippen LogP contribution >= 0.6 is 22.6 Å². The second-order valence-electron chi connectivity index (χ2n) is 5.30. The number of carbonyl (C=O) groups is 1. The predicted molar refractivity (Wildman–Crippen MR) is 94.8 cm³/mol. The van der Waals surface area contributed by atoms with Crippen molar-refractivity contribution in [2.75, 3.05) is 5.32 Å². The van der Waals surface area contributed by atoms with Crippen molar-refractivity contribution in [1.29, 1.82) is 0 Å². The van der Waals surface area contributed by atoms with Crippen LogP contribution in [-0.2, 0) is 0 Å². The van der Waals surface area contributed by atoms with E-state index >= 15 is 0 Å². The van der Waals surface area contributed by atoms with Crippen LogP contribution < -0.4 is 5.32 Å². The van der Waals surface area contributed by atoms with Crippen LogP contribution in [-0.4, -0.2) is 10.9 Å². The van der Waals surface area contributed by atoms with Gasteiger partial charge in [0.15, 0.2) is 0 Å². The molecule has 3 rings (SSSR count). The second kappa shape index (κ2) is 5.72. The molecule has 0 radical (unpaired) electrons. The minimum atomic E-state index is -0.441. The lowest BCUT2D eigenvalue weighted by Crippen LogP contribution is -2.13. The van der Waals surface area contributed by atoms with Gasteiger partial charge in [-0.3, -0.25) is 4.79 Å². The Labute approximate surface area is 141 Å². The summed E-state index contributed by atoms with van der Waals surface area (Å²) in [7, 11) is 0. The molecule has 22 heavy (non-hydrogen) atoms. The van der Waals surface area contributed by atoms with E-state index in [0.29, 0.717) is 5.69 Å². The molecule has 0 bridgehead atoms. The first kappa shape index (κ1) is 15.0. The molecule has 112 valence electrons. The quantitative estimate of drug-likeness (QED) is 0.589. The molecule has 0 aliphatic carbocycles. The molecule has 3 nitrogen and oxygen atoms in total. The van der Waals surface area contributed by atoms with E-state index in [1.165, 1.54) is 6.07 Å². The van der Waals surface area contributed by atoms with E-state index in [1.807, 2.05) is 42.5 Å². The molecule has 0 spiro atoms. The van der Waals surface area contributed by atoms with E-state index in [-0.39, 0.29) is 11.6 Å². The number of fused-ring (bicyclic) bond motifs is 1. The number of H-pyrrole nitrogens is 1. The first-order valence-electron chi connectivity index (χ1n) is 6.80. The number of carbonyl (C=O) groups excluding carboxylic acids is 1. The Kier molecular flexibility index (Phi) is 3.90. The third kappa shape index (κ3) is 2.85. The zero-order valence-corrected chi connectivity index (χ0v) is 14.3. The van der Waals surface area contributed by atoms with Crippen molar-refractivity contribution in [3.05, 3.63) is 62.6 Å². The maximum Gasteiger partial charge on any atom is 0.272 e. The monoisotopic (exact) mass is 408 g/mol. The number of nitrogens with one attached hydrogen (secondary N) is 2. The Balaban J connectivity index is 1.93. The number of halogens is 2. The number of amides is 1. The molecule has 0 atom stereocenters. The number of rotatable bonds is 2. The van der Waals surface area contributed by atoms with Crippen LogP contribution in [0.15, 0.2) is 36.4 Å². The van der Waals surface area contributed by atoms with Crippen molar-refractivity contribution in [2.45, 2.75) is 13.8 Å². The Bertz CT molecular complexity index is 886.